The molecule has 1 aliphatic rings. The highest BCUT2D eigenvalue weighted by Crippen LogP contribution is 2.18. The molecule has 1 heterocycles. The van der Waals surface area contributed by atoms with Crippen LogP contribution in [0.15, 0.2) is 11.5 Å². The largest absolute Gasteiger partial charge is 0.352 e. The Balaban J connectivity index is 1.94. The Bertz CT molecular complexity index is 609. The zero-order chi connectivity index (χ0) is 15.9. The number of carbonyl (C=O) groups excluding carboxylic acids is 2. The number of nitrogens with zero attached hydrogens (tertiary/aromatic N) is 2. The van der Waals surface area contributed by atoms with Crippen molar-refractivity contribution in [1.82, 2.24) is 10.3 Å². The topological polar surface area (TPSA) is 82.8 Å². The first kappa shape index (κ1) is 16.4. The molecule has 0 saturated heterocycles. The van der Waals surface area contributed by atoms with Crippen molar-refractivity contribution in [3.63, 3.8) is 0 Å². The van der Waals surface area contributed by atoms with Gasteiger partial charge in [0.25, 0.3) is 0 Å². The number of aromatic nitrogens is 1. The van der Waals surface area contributed by atoms with E-state index in [1.165, 1.54) is 23.8 Å². The number of allylic oxidation sites excluding steroid dienone is 1. The van der Waals surface area contributed by atoms with Crippen molar-refractivity contribution in [3.8, 4) is 6.07 Å². The molecule has 1 unspecified atom stereocenters. The predicted molar refractivity (Wildman–Crippen MR) is 85.0 cm³/mol. The lowest BCUT2D eigenvalue weighted by Crippen LogP contribution is -2.41. The number of thiazole rings is 1. The molecule has 1 amide bonds. The van der Waals surface area contributed by atoms with Crippen LogP contribution in [0.4, 0.5) is 0 Å². The van der Waals surface area contributed by atoms with Gasteiger partial charge in [-0.2, -0.15) is 5.26 Å². The lowest BCUT2D eigenvalue weighted by Gasteiger charge is -2.23. The maximum Gasteiger partial charge on any atom is 0.245 e. The fourth-order valence-electron chi connectivity index (χ4n) is 2.50. The van der Waals surface area contributed by atoms with Crippen LogP contribution in [0, 0.1) is 24.2 Å². The number of nitriles is 1. The number of carbonyl (C=O) groups is 2. The molecule has 0 spiro atoms. The van der Waals surface area contributed by atoms with E-state index < -0.39 is 17.6 Å². The fourth-order valence-corrected chi connectivity index (χ4v) is 3.08. The summed E-state index contributed by atoms with van der Waals surface area (Å²) in [5, 5.41) is 14.7. The molecule has 1 atom stereocenters. The first-order valence-corrected chi connectivity index (χ1v) is 8.32. The maximum absolute atomic E-state index is 12.1. The third-order valence-electron chi connectivity index (χ3n) is 3.68. The highest BCUT2D eigenvalue weighted by molar-refractivity contribution is 7.09. The quantitative estimate of drug-likeness (QED) is 0.668. The molecule has 6 heteroatoms. The van der Waals surface area contributed by atoms with Gasteiger partial charge in [0.1, 0.15) is 0 Å². The molecule has 0 radical (unpaired) electrons. The lowest BCUT2D eigenvalue weighted by molar-refractivity contribution is -0.130. The van der Waals surface area contributed by atoms with Crippen LogP contribution in [0.3, 0.4) is 0 Å². The van der Waals surface area contributed by atoms with Crippen LogP contribution in [0.5, 0.6) is 0 Å². The Morgan fingerprint density at radius 3 is 2.77 bits per heavy atom. The summed E-state index contributed by atoms with van der Waals surface area (Å²) < 4.78 is 0. The van der Waals surface area contributed by atoms with Crippen LogP contribution in [0.25, 0.3) is 6.08 Å². The lowest BCUT2D eigenvalue weighted by atomic mass is 9.94. The van der Waals surface area contributed by atoms with Gasteiger partial charge in [0, 0.05) is 11.4 Å². The van der Waals surface area contributed by atoms with E-state index in [9.17, 15) is 9.59 Å². The molecule has 0 aliphatic heterocycles. The molecule has 1 saturated carbocycles. The second-order valence-electron chi connectivity index (χ2n) is 5.43. The summed E-state index contributed by atoms with van der Waals surface area (Å²) >= 11 is 1.48. The highest BCUT2D eigenvalue weighted by atomic mass is 32.1. The minimum absolute atomic E-state index is 0.0927. The van der Waals surface area contributed by atoms with Crippen molar-refractivity contribution in [2.75, 3.05) is 0 Å². The molecule has 116 valence electrons. The van der Waals surface area contributed by atoms with Gasteiger partial charge < -0.3 is 5.32 Å². The van der Waals surface area contributed by atoms with E-state index in [2.05, 4.69) is 10.3 Å². The molecular weight excluding hydrogens is 298 g/mol. The van der Waals surface area contributed by atoms with E-state index in [1.807, 2.05) is 12.3 Å². The molecule has 1 N–H and O–H groups in total. The average molecular weight is 317 g/mol. The molecule has 1 aromatic rings. The predicted octanol–water partition coefficient (Wildman–Crippen LogP) is 2.62. The monoisotopic (exact) mass is 317 g/mol. The van der Waals surface area contributed by atoms with Crippen molar-refractivity contribution < 1.29 is 9.59 Å². The van der Waals surface area contributed by atoms with Gasteiger partial charge in [-0.3, -0.25) is 9.59 Å². The summed E-state index contributed by atoms with van der Waals surface area (Å²) in [6.45, 7) is 1.87. The first-order chi connectivity index (χ1) is 10.6. The maximum atomic E-state index is 12.1. The van der Waals surface area contributed by atoms with Crippen molar-refractivity contribution >= 4 is 29.1 Å². The van der Waals surface area contributed by atoms with Gasteiger partial charge in [0.2, 0.25) is 5.91 Å². The SMILES string of the molecule is Cc1nc(C=CC(=O)C(C#N)C(=O)NC2CCCCC2)cs1. The number of hydrogen-bond acceptors (Lipinski definition) is 5. The van der Waals surface area contributed by atoms with Crippen molar-refractivity contribution in [2.24, 2.45) is 5.92 Å². The van der Waals surface area contributed by atoms with Crippen molar-refractivity contribution in [2.45, 2.75) is 45.1 Å². The highest BCUT2D eigenvalue weighted by Gasteiger charge is 2.27. The molecule has 1 aliphatic carbocycles. The summed E-state index contributed by atoms with van der Waals surface area (Å²) in [5.41, 5.74) is 0.667. The summed E-state index contributed by atoms with van der Waals surface area (Å²) in [4.78, 5) is 28.3. The fraction of sp³-hybridized carbons (Fsp3) is 0.500. The number of aryl methyl sites for hydroxylation is 1. The van der Waals surface area contributed by atoms with Gasteiger partial charge >= 0.3 is 0 Å². The van der Waals surface area contributed by atoms with E-state index in [4.69, 9.17) is 5.26 Å². The molecule has 22 heavy (non-hydrogen) atoms. The number of amides is 1. The van der Waals surface area contributed by atoms with E-state index in [0.29, 0.717) is 5.69 Å². The zero-order valence-electron chi connectivity index (χ0n) is 12.5. The van der Waals surface area contributed by atoms with Gasteiger partial charge in [0.15, 0.2) is 11.7 Å². The summed E-state index contributed by atoms with van der Waals surface area (Å²) in [6, 6.07) is 1.89. The minimum Gasteiger partial charge on any atom is -0.352 e. The van der Waals surface area contributed by atoms with Crippen LogP contribution in [-0.4, -0.2) is 22.7 Å². The van der Waals surface area contributed by atoms with Gasteiger partial charge in [0.05, 0.1) is 16.8 Å². The molecular formula is C16H19N3O2S. The van der Waals surface area contributed by atoms with E-state index >= 15 is 0 Å². The third-order valence-corrected chi connectivity index (χ3v) is 4.47. The normalized spacial score (nSPS) is 17.1. The number of nitrogens with one attached hydrogen (secondary N) is 1. The minimum atomic E-state index is -1.28. The number of ketones is 1. The van der Waals surface area contributed by atoms with Crippen LogP contribution in [0.2, 0.25) is 0 Å². The Labute approximate surface area is 134 Å². The molecule has 0 aromatic carbocycles. The summed E-state index contributed by atoms with van der Waals surface area (Å²) in [5.74, 6) is -2.27. The van der Waals surface area contributed by atoms with Crippen molar-refractivity contribution in [1.29, 1.82) is 5.26 Å². The second-order valence-corrected chi connectivity index (χ2v) is 6.49. The van der Waals surface area contributed by atoms with Crippen LogP contribution in [-0.2, 0) is 9.59 Å². The zero-order valence-corrected chi connectivity index (χ0v) is 13.4. The first-order valence-electron chi connectivity index (χ1n) is 7.44. The molecule has 5 nitrogen and oxygen atoms in total. The van der Waals surface area contributed by atoms with Gasteiger partial charge in [-0.25, -0.2) is 4.98 Å². The molecule has 1 fully saturated rings. The number of rotatable bonds is 5. The van der Waals surface area contributed by atoms with Crippen LogP contribution < -0.4 is 5.32 Å². The second kappa shape index (κ2) is 7.85. The third kappa shape index (κ3) is 4.50. The Morgan fingerprint density at radius 2 is 2.18 bits per heavy atom. The van der Waals surface area contributed by atoms with Crippen LogP contribution in [0.1, 0.15) is 42.8 Å². The summed E-state index contributed by atoms with van der Waals surface area (Å²) in [7, 11) is 0. The average Bonchev–Trinajstić information content (AvgIpc) is 2.92. The Morgan fingerprint density at radius 1 is 1.45 bits per heavy atom. The van der Waals surface area contributed by atoms with Crippen LogP contribution >= 0.6 is 11.3 Å². The van der Waals surface area contributed by atoms with Gasteiger partial charge in [-0.15, -0.1) is 11.3 Å². The Kier molecular flexibility index (Phi) is 5.84. The molecule has 0 bridgehead atoms. The van der Waals surface area contributed by atoms with E-state index in [1.54, 1.807) is 12.1 Å². The van der Waals surface area contributed by atoms with Crippen molar-refractivity contribution in [3.05, 3.63) is 22.2 Å². The van der Waals surface area contributed by atoms with E-state index in [0.717, 1.165) is 30.7 Å². The van der Waals surface area contributed by atoms with Gasteiger partial charge in [-0.05, 0) is 31.9 Å². The smallest absolute Gasteiger partial charge is 0.245 e. The standard InChI is InChI=1S/C16H19N3O2S/c1-11-18-13(10-22-11)7-8-15(20)14(9-17)16(21)19-12-5-3-2-4-6-12/h7-8,10,12,14H,2-6H2,1H3,(H,19,21). The van der Waals surface area contributed by atoms with E-state index in [-0.39, 0.29) is 6.04 Å². The molecule has 1 aromatic heterocycles. The van der Waals surface area contributed by atoms with Gasteiger partial charge in [-0.1, -0.05) is 19.3 Å². The molecule has 2 rings (SSSR count). The Hall–Kier alpha value is -2.00. The number of hydrogen-bond donors (Lipinski definition) is 1. The summed E-state index contributed by atoms with van der Waals surface area (Å²) in [6.07, 6.45) is 8.01.